The number of ether oxygens (including phenoxy) is 1. The molecule has 2 aromatic heterocycles. The topological polar surface area (TPSA) is 77.0 Å². The minimum Gasteiger partial charge on any atom is -0.489 e. The number of carbonyl (C=O) groups excluding carboxylic acids is 1. The first kappa shape index (κ1) is 19.9. The molecule has 1 N–H and O–H groups in total. The Hall–Kier alpha value is -3.42. The first-order valence-corrected chi connectivity index (χ1v) is 9.50. The van der Waals surface area contributed by atoms with Crippen LogP contribution in [0.5, 0.6) is 5.75 Å². The molecule has 1 amide bonds. The Morgan fingerprint density at radius 1 is 1.20 bits per heavy atom. The Labute approximate surface area is 172 Å². The average molecular weight is 410 g/mol. The van der Waals surface area contributed by atoms with Gasteiger partial charge in [0.1, 0.15) is 17.5 Å². The number of amides is 1. The van der Waals surface area contributed by atoms with Gasteiger partial charge < -0.3 is 10.1 Å². The van der Waals surface area contributed by atoms with Crippen molar-refractivity contribution >= 4 is 11.7 Å². The highest BCUT2D eigenvalue weighted by atomic mass is 19.1. The first-order chi connectivity index (χ1) is 14.4. The van der Waals surface area contributed by atoms with Crippen molar-refractivity contribution in [2.24, 2.45) is 5.92 Å². The highest BCUT2D eigenvalue weighted by molar-refractivity contribution is 5.95. The second kappa shape index (κ2) is 7.78. The maximum Gasteiger partial charge on any atom is 0.229 e. The molecule has 0 bridgehead atoms. The molecule has 3 aromatic rings. The fraction of sp³-hybridized carbons (Fsp3) is 0.273. The number of carbonyl (C=O) groups is 1. The van der Waals surface area contributed by atoms with Crippen molar-refractivity contribution in [3.8, 4) is 5.75 Å². The molecule has 1 saturated carbocycles. The third-order valence-electron chi connectivity index (χ3n) is 5.29. The Bertz CT molecular complexity index is 1070. The van der Waals surface area contributed by atoms with Crippen LogP contribution in [0.3, 0.4) is 0 Å². The van der Waals surface area contributed by atoms with Crippen LogP contribution in [-0.4, -0.2) is 27.5 Å². The number of pyridine rings is 1. The van der Waals surface area contributed by atoms with Gasteiger partial charge in [0.25, 0.3) is 0 Å². The van der Waals surface area contributed by atoms with Crippen LogP contribution in [-0.2, 0) is 10.2 Å². The Morgan fingerprint density at radius 3 is 2.67 bits per heavy atom. The lowest BCUT2D eigenvalue weighted by molar-refractivity contribution is -0.117. The molecule has 2 heterocycles. The largest absolute Gasteiger partial charge is 0.489 e. The van der Waals surface area contributed by atoms with Gasteiger partial charge in [-0.1, -0.05) is 30.3 Å². The van der Waals surface area contributed by atoms with E-state index >= 15 is 0 Å². The molecule has 0 saturated heterocycles. The summed E-state index contributed by atoms with van der Waals surface area (Å²) in [6.45, 7) is 3.88. The van der Waals surface area contributed by atoms with Crippen molar-refractivity contribution in [2.45, 2.75) is 25.7 Å². The van der Waals surface area contributed by atoms with Crippen molar-refractivity contribution in [3.63, 3.8) is 0 Å². The highest BCUT2D eigenvalue weighted by Gasteiger charge is 2.60. The predicted octanol–water partition coefficient (Wildman–Crippen LogP) is 3.74. The summed E-state index contributed by atoms with van der Waals surface area (Å²) in [5.41, 5.74) is 1.11. The Balaban J connectivity index is 1.55. The lowest BCUT2D eigenvalue weighted by atomic mass is 9.93. The van der Waals surface area contributed by atoms with E-state index in [9.17, 15) is 13.6 Å². The average Bonchev–Trinajstić information content (AvgIpc) is 3.43. The van der Waals surface area contributed by atoms with E-state index in [0.717, 1.165) is 11.6 Å². The van der Waals surface area contributed by atoms with E-state index in [2.05, 4.69) is 20.3 Å². The minimum absolute atomic E-state index is 0.157. The second-order valence-electron chi connectivity index (χ2n) is 7.42. The molecule has 154 valence electrons. The van der Waals surface area contributed by atoms with Gasteiger partial charge in [0.15, 0.2) is 5.75 Å². The van der Waals surface area contributed by atoms with Gasteiger partial charge in [0.2, 0.25) is 11.9 Å². The number of rotatable bonds is 6. The first-order valence-electron chi connectivity index (χ1n) is 9.50. The summed E-state index contributed by atoms with van der Waals surface area (Å²) in [5, 5.41) is 2.52. The molecular formula is C22H20F2N4O2. The van der Waals surface area contributed by atoms with E-state index in [1.807, 2.05) is 37.3 Å². The number of benzene rings is 1. The summed E-state index contributed by atoms with van der Waals surface area (Å²) in [6.07, 6.45) is 2.15. The van der Waals surface area contributed by atoms with Gasteiger partial charge in [0.05, 0.1) is 24.4 Å². The summed E-state index contributed by atoms with van der Waals surface area (Å²) in [4.78, 5) is 24.8. The molecule has 1 aromatic carbocycles. The second-order valence-corrected chi connectivity index (χ2v) is 7.42. The maximum atomic E-state index is 13.4. The van der Waals surface area contributed by atoms with Gasteiger partial charge in [-0.2, -0.15) is 4.39 Å². The van der Waals surface area contributed by atoms with E-state index in [0.29, 0.717) is 29.8 Å². The van der Waals surface area contributed by atoms with Crippen LogP contribution in [0.4, 0.5) is 14.6 Å². The molecule has 0 spiro atoms. The smallest absolute Gasteiger partial charge is 0.229 e. The van der Waals surface area contributed by atoms with Crippen molar-refractivity contribution in [1.29, 1.82) is 0 Å². The van der Waals surface area contributed by atoms with Gasteiger partial charge in [-0.15, -0.1) is 0 Å². The summed E-state index contributed by atoms with van der Waals surface area (Å²) < 4.78 is 32.8. The van der Waals surface area contributed by atoms with Crippen LogP contribution in [0.2, 0.25) is 0 Å². The zero-order valence-electron chi connectivity index (χ0n) is 16.5. The van der Waals surface area contributed by atoms with E-state index in [1.165, 1.54) is 0 Å². The van der Waals surface area contributed by atoms with Crippen molar-refractivity contribution in [1.82, 2.24) is 15.0 Å². The molecule has 0 radical (unpaired) electrons. The normalized spacial score (nSPS) is 19.9. The van der Waals surface area contributed by atoms with Crippen LogP contribution in [0, 0.1) is 31.5 Å². The van der Waals surface area contributed by atoms with E-state index < -0.39 is 23.1 Å². The molecule has 8 heteroatoms. The van der Waals surface area contributed by atoms with Gasteiger partial charge in [-0.25, -0.2) is 19.3 Å². The number of nitrogens with one attached hydrogen (secondary N) is 1. The third-order valence-corrected chi connectivity index (χ3v) is 5.29. The minimum atomic E-state index is -0.992. The number of halogens is 2. The number of aryl methyl sites for hydroxylation is 2. The van der Waals surface area contributed by atoms with Crippen LogP contribution in [0.25, 0.3) is 0 Å². The molecule has 1 fully saturated rings. The van der Waals surface area contributed by atoms with Crippen LogP contribution in [0.15, 0.2) is 48.7 Å². The molecule has 1 aliphatic rings. The molecule has 30 heavy (non-hydrogen) atoms. The zero-order valence-corrected chi connectivity index (χ0v) is 16.5. The summed E-state index contributed by atoms with van der Waals surface area (Å²) in [7, 11) is 0. The highest BCUT2D eigenvalue weighted by Crippen LogP contribution is 2.55. The predicted molar refractivity (Wildman–Crippen MR) is 106 cm³/mol. The van der Waals surface area contributed by atoms with Gasteiger partial charge >= 0.3 is 0 Å². The van der Waals surface area contributed by atoms with Crippen molar-refractivity contribution < 1.29 is 18.3 Å². The zero-order chi connectivity index (χ0) is 21.3. The van der Waals surface area contributed by atoms with E-state index in [-0.39, 0.29) is 18.3 Å². The number of hydrogen-bond donors (Lipinski definition) is 1. The lowest BCUT2D eigenvalue weighted by Gasteiger charge is -2.19. The molecule has 0 aliphatic heterocycles. The number of nitrogens with zero attached hydrogens (tertiary/aromatic N) is 3. The summed E-state index contributed by atoms with van der Waals surface area (Å²) in [6, 6.07) is 11.2. The summed E-state index contributed by atoms with van der Waals surface area (Å²) in [5.74, 6) is -1.55. The fourth-order valence-corrected chi connectivity index (χ4v) is 3.64. The Morgan fingerprint density at radius 2 is 1.97 bits per heavy atom. The van der Waals surface area contributed by atoms with Crippen LogP contribution >= 0.6 is 0 Å². The number of aromatic nitrogens is 3. The number of hydrogen-bond acceptors (Lipinski definition) is 5. The van der Waals surface area contributed by atoms with E-state index in [1.54, 1.807) is 13.1 Å². The molecule has 4 rings (SSSR count). The quantitative estimate of drug-likeness (QED) is 0.627. The van der Waals surface area contributed by atoms with Crippen LogP contribution in [0.1, 0.15) is 23.5 Å². The third kappa shape index (κ3) is 3.98. The van der Waals surface area contributed by atoms with Crippen LogP contribution < -0.4 is 10.1 Å². The maximum absolute atomic E-state index is 13.4. The van der Waals surface area contributed by atoms with E-state index in [4.69, 9.17) is 4.74 Å². The molecule has 1 aliphatic carbocycles. The molecule has 2 atom stereocenters. The van der Waals surface area contributed by atoms with Crippen molar-refractivity contribution in [2.75, 3.05) is 11.9 Å². The Kier molecular flexibility index (Phi) is 5.15. The number of anilines is 1. The van der Waals surface area contributed by atoms with Crippen molar-refractivity contribution in [3.05, 3.63) is 77.5 Å². The van der Waals surface area contributed by atoms with Gasteiger partial charge in [-0.3, -0.25) is 4.79 Å². The standard InChI is InChI=1S/C22H20F2N4O2/c1-13-18(11-25-14(2)26-13)30-12-22(15-6-4-3-5-7-15)10-17(22)21(29)28-20-9-16(23)8-19(24)27-20/h3-9,11,17H,10,12H2,1-2H3,(H,27,28,29). The SMILES string of the molecule is Cc1ncc(OCC2(c3ccccc3)CC2C(=O)Nc2cc(F)cc(F)n2)c(C)n1. The molecular weight excluding hydrogens is 390 g/mol. The monoisotopic (exact) mass is 410 g/mol. The van der Waals surface area contributed by atoms with Gasteiger partial charge in [0, 0.05) is 17.5 Å². The van der Waals surface area contributed by atoms with Gasteiger partial charge in [-0.05, 0) is 25.8 Å². The summed E-state index contributed by atoms with van der Waals surface area (Å²) >= 11 is 0. The molecule has 2 unspecified atom stereocenters. The lowest BCUT2D eigenvalue weighted by Crippen LogP contribution is -2.27. The molecule has 6 nitrogen and oxygen atoms in total. The fourth-order valence-electron chi connectivity index (χ4n) is 3.64.